The number of halogens is 3. The van der Waals surface area contributed by atoms with Crippen LogP contribution in [0.25, 0.3) is 0 Å². The van der Waals surface area contributed by atoms with Crippen LogP contribution >= 0.6 is 0 Å². The zero-order valence-corrected chi connectivity index (χ0v) is 16.0. The molecule has 0 aromatic heterocycles. The number of alkyl halides is 3. The van der Waals surface area contributed by atoms with Gasteiger partial charge < -0.3 is 15.4 Å². The highest BCUT2D eigenvalue weighted by molar-refractivity contribution is 5.79. The summed E-state index contributed by atoms with van der Waals surface area (Å²) in [5, 5.41) is 6.56. The maximum absolute atomic E-state index is 12.6. The van der Waals surface area contributed by atoms with E-state index in [1.54, 1.807) is 14.2 Å². The minimum atomic E-state index is -4.29. The van der Waals surface area contributed by atoms with Gasteiger partial charge in [-0.05, 0) is 43.5 Å². The molecule has 1 unspecified atom stereocenters. The monoisotopic (exact) mass is 386 g/mol. The van der Waals surface area contributed by atoms with Crippen molar-refractivity contribution in [1.29, 1.82) is 0 Å². The van der Waals surface area contributed by atoms with Crippen molar-refractivity contribution in [2.45, 2.75) is 31.5 Å². The number of benzene rings is 1. The van der Waals surface area contributed by atoms with E-state index in [0.29, 0.717) is 25.0 Å². The van der Waals surface area contributed by atoms with Gasteiger partial charge >= 0.3 is 6.18 Å². The lowest BCUT2D eigenvalue weighted by atomic mass is 10.1. The topological polar surface area (TPSA) is 48.9 Å². The lowest BCUT2D eigenvalue weighted by Gasteiger charge is -2.25. The summed E-state index contributed by atoms with van der Waals surface area (Å²) >= 11 is 0. The number of likely N-dealkylation sites (tertiary alicyclic amines) is 1. The molecule has 0 amide bonds. The molecule has 1 aromatic carbocycles. The van der Waals surface area contributed by atoms with Crippen molar-refractivity contribution in [3.63, 3.8) is 0 Å². The second kappa shape index (κ2) is 10.5. The van der Waals surface area contributed by atoms with Gasteiger partial charge in [0.15, 0.2) is 5.96 Å². The molecule has 0 radical (unpaired) electrons. The SMILES string of the molecule is CN=C(NCCc1ccc(C(F)(F)F)cc1)NCC1CCCN1CCOC. The van der Waals surface area contributed by atoms with Crippen molar-refractivity contribution in [1.82, 2.24) is 15.5 Å². The summed E-state index contributed by atoms with van der Waals surface area (Å²) in [6, 6.07) is 5.75. The lowest BCUT2D eigenvalue weighted by Crippen LogP contribution is -2.45. The van der Waals surface area contributed by atoms with Crippen LogP contribution in [-0.4, -0.2) is 63.8 Å². The summed E-state index contributed by atoms with van der Waals surface area (Å²) in [7, 11) is 3.43. The van der Waals surface area contributed by atoms with Crippen molar-refractivity contribution in [2.24, 2.45) is 4.99 Å². The molecule has 27 heavy (non-hydrogen) atoms. The number of ether oxygens (including phenoxy) is 1. The van der Waals surface area contributed by atoms with Crippen LogP contribution < -0.4 is 10.6 Å². The molecule has 0 aliphatic carbocycles. The van der Waals surface area contributed by atoms with Crippen LogP contribution in [0.1, 0.15) is 24.0 Å². The molecule has 1 fully saturated rings. The van der Waals surface area contributed by atoms with Crippen LogP contribution in [0.3, 0.4) is 0 Å². The van der Waals surface area contributed by atoms with Crippen molar-refractivity contribution in [3.8, 4) is 0 Å². The van der Waals surface area contributed by atoms with E-state index in [0.717, 1.165) is 50.4 Å². The molecule has 1 aliphatic rings. The average molecular weight is 386 g/mol. The molecule has 1 aromatic rings. The van der Waals surface area contributed by atoms with Gasteiger partial charge in [-0.2, -0.15) is 13.2 Å². The maximum atomic E-state index is 12.6. The quantitative estimate of drug-likeness (QED) is 0.533. The predicted molar refractivity (Wildman–Crippen MR) is 101 cm³/mol. The van der Waals surface area contributed by atoms with Gasteiger partial charge in [0.25, 0.3) is 0 Å². The highest BCUT2D eigenvalue weighted by atomic mass is 19.4. The number of hydrogen-bond acceptors (Lipinski definition) is 3. The summed E-state index contributed by atoms with van der Waals surface area (Å²) in [6.45, 7) is 4.17. The number of nitrogens with zero attached hydrogens (tertiary/aromatic N) is 2. The average Bonchev–Trinajstić information content (AvgIpc) is 3.09. The first-order valence-corrected chi connectivity index (χ1v) is 9.27. The molecule has 0 spiro atoms. The van der Waals surface area contributed by atoms with Crippen LogP contribution in [-0.2, 0) is 17.3 Å². The fraction of sp³-hybridized carbons (Fsp3) is 0.632. The summed E-state index contributed by atoms with van der Waals surface area (Å²) in [5.41, 5.74) is 0.235. The van der Waals surface area contributed by atoms with Crippen LogP contribution in [0.5, 0.6) is 0 Å². The number of nitrogens with one attached hydrogen (secondary N) is 2. The van der Waals surface area contributed by atoms with E-state index in [9.17, 15) is 13.2 Å². The van der Waals surface area contributed by atoms with Crippen molar-refractivity contribution in [3.05, 3.63) is 35.4 Å². The third kappa shape index (κ3) is 7.03. The Morgan fingerprint density at radius 3 is 2.63 bits per heavy atom. The minimum Gasteiger partial charge on any atom is -0.383 e. The molecule has 152 valence electrons. The molecule has 1 heterocycles. The minimum absolute atomic E-state index is 0.466. The lowest BCUT2D eigenvalue weighted by molar-refractivity contribution is -0.137. The molecule has 2 N–H and O–H groups in total. The second-order valence-electron chi connectivity index (χ2n) is 6.65. The van der Waals surface area contributed by atoms with E-state index in [4.69, 9.17) is 4.74 Å². The summed E-state index contributed by atoms with van der Waals surface area (Å²) in [6.07, 6.45) is -1.32. The van der Waals surface area contributed by atoms with E-state index >= 15 is 0 Å². The first-order valence-electron chi connectivity index (χ1n) is 9.27. The number of guanidine groups is 1. The fourth-order valence-electron chi connectivity index (χ4n) is 3.25. The number of aliphatic imine (C=N–C) groups is 1. The van der Waals surface area contributed by atoms with Crippen molar-refractivity contribution < 1.29 is 17.9 Å². The van der Waals surface area contributed by atoms with Crippen LogP contribution in [0, 0.1) is 0 Å². The van der Waals surface area contributed by atoms with E-state index in [2.05, 4.69) is 20.5 Å². The van der Waals surface area contributed by atoms with Gasteiger partial charge in [-0.3, -0.25) is 9.89 Å². The van der Waals surface area contributed by atoms with E-state index in [-0.39, 0.29) is 0 Å². The summed E-state index contributed by atoms with van der Waals surface area (Å²) in [4.78, 5) is 6.64. The number of methoxy groups -OCH3 is 1. The molecule has 1 atom stereocenters. The zero-order chi connectivity index (χ0) is 19.7. The van der Waals surface area contributed by atoms with Crippen LogP contribution in [0.4, 0.5) is 13.2 Å². The Kier molecular flexibility index (Phi) is 8.37. The van der Waals surface area contributed by atoms with Gasteiger partial charge in [0.2, 0.25) is 0 Å². The normalized spacial score (nSPS) is 18.7. The van der Waals surface area contributed by atoms with Gasteiger partial charge in [-0.15, -0.1) is 0 Å². The van der Waals surface area contributed by atoms with Gasteiger partial charge in [0.1, 0.15) is 0 Å². The summed E-state index contributed by atoms with van der Waals surface area (Å²) in [5.74, 6) is 0.709. The fourth-order valence-corrected chi connectivity index (χ4v) is 3.25. The molecule has 0 bridgehead atoms. The van der Waals surface area contributed by atoms with E-state index < -0.39 is 11.7 Å². The maximum Gasteiger partial charge on any atom is 0.416 e. The third-order valence-electron chi connectivity index (χ3n) is 4.80. The first kappa shape index (κ1) is 21.5. The highest BCUT2D eigenvalue weighted by Crippen LogP contribution is 2.29. The first-order chi connectivity index (χ1) is 12.9. The van der Waals surface area contributed by atoms with Crippen molar-refractivity contribution in [2.75, 3.05) is 46.9 Å². The Bertz CT molecular complexity index is 590. The Labute approximate surface area is 159 Å². The number of rotatable bonds is 8. The Morgan fingerprint density at radius 2 is 2.00 bits per heavy atom. The highest BCUT2D eigenvalue weighted by Gasteiger charge is 2.29. The molecular formula is C19H29F3N4O. The van der Waals surface area contributed by atoms with Crippen LogP contribution in [0.2, 0.25) is 0 Å². The van der Waals surface area contributed by atoms with E-state index in [1.807, 2.05) is 0 Å². The van der Waals surface area contributed by atoms with Crippen LogP contribution in [0.15, 0.2) is 29.3 Å². The molecular weight excluding hydrogens is 357 g/mol. The molecule has 8 heteroatoms. The molecule has 5 nitrogen and oxygen atoms in total. The molecule has 2 rings (SSSR count). The van der Waals surface area contributed by atoms with Crippen molar-refractivity contribution >= 4 is 5.96 Å². The second-order valence-corrected chi connectivity index (χ2v) is 6.65. The Balaban J connectivity index is 1.72. The Hall–Kier alpha value is -1.80. The van der Waals surface area contributed by atoms with Gasteiger partial charge in [0.05, 0.1) is 12.2 Å². The van der Waals surface area contributed by atoms with Gasteiger partial charge in [0, 0.05) is 39.8 Å². The smallest absolute Gasteiger partial charge is 0.383 e. The van der Waals surface area contributed by atoms with Gasteiger partial charge in [-0.1, -0.05) is 12.1 Å². The predicted octanol–water partition coefficient (Wildman–Crippen LogP) is 2.52. The Morgan fingerprint density at radius 1 is 1.26 bits per heavy atom. The van der Waals surface area contributed by atoms with E-state index in [1.165, 1.54) is 18.6 Å². The number of hydrogen-bond donors (Lipinski definition) is 2. The van der Waals surface area contributed by atoms with Gasteiger partial charge in [-0.25, -0.2) is 0 Å². The standard InChI is InChI=1S/C19H29F3N4O/c1-23-18(25-14-17-4-3-11-26(17)12-13-27-2)24-10-9-15-5-7-16(8-6-15)19(20,21)22/h5-8,17H,3-4,9-14H2,1-2H3,(H2,23,24,25). The largest absolute Gasteiger partial charge is 0.416 e. The zero-order valence-electron chi connectivity index (χ0n) is 16.0. The summed E-state index contributed by atoms with van der Waals surface area (Å²) < 4.78 is 42.9. The molecule has 1 saturated heterocycles. The molecule has 1 aliphatic heterocycles. The molecule has 0 saturated carbocycles. The third-order valence-corrected chi connectivity index (χ3v) is 4.80.